The normalized spacial score (nSPS) is 12.0. The van der Waals surface area contributed by atoms with Gasteiger partial charge < -0.3 is 10.2 Å². The second-order valence-corrected chi connectivity index (χ2v) is 9.57. The van der Waals surface area contributed by atoms with E-state index in [1.54, 1.807) is 24.3 Å². The maximum absolute atomic E-state index is 14.4. The van der Waals surface area contributed by atoms with Gasteiger partial charge in [0.2, 0.25) is 11.8 Å². The Labute approximate surface area is 203 Å². The lowest BCUT2D eigenvalue weighted by atomic mass is 10.1. The van der Waals surface area contributed by atoms with Crippen molar-refractivity contribution in [3.05, 3.63) is 96.1 Å². The van der Waals surface area contributed by atoms with Crippen molar-refractivity contribution in [2.24, 2.45) is 0 Å². The van der Waals surface area contributed by atoms with E-state index in [2.05, 4.69) is 5.32 Å². The van der Waals surface area contributed by atoms with E-state index in [0.29, 0.717) is 0 Å². The predicted molar refractivity (Wildman–Crippen MR) is 128 cm³/mol. The molecule has 0 aliphatic heterocycles. The molecule has 0 aromatic heterocycles. The number of sulfonamides is 1. The molecular formula is C25H25F2N3O4S. The fraction of sp³-hybridized carbons (Fsp3) is 0.200. The summed E-state index contributed by atoms with van der Waals surface area (Å²) in [6.45, 7) is 0.553. The second kappa shape index (κ2) is 11.1. The van der Waals surface area contributed by atoms with Crippen molar-refractivity contribution in [3.63, 3.8) is 0 Å². The van der Waals surface area contributed by atoms with Crippen molar-refractivity contribution in [1.82, 2.24) is 10.2 Å². The lowest BCUT2D eigenvalue weighted by molar-refractivity contribution is -0.139. The van der Waals surface area contributed by atoms with Crippen LogP contribution in [0.5, 0.6) is 0 Å². The van der Waals surface area contributed by atoms with Gasteiger partial charge in [-0.3, -0.25) is 13.9 Å². The standard InChI is InChI=1S/C25H25F2N3O4S/c1-18(25(32)28-2)29(16-19-8-6-7-11-23(19)27)24(31)17-30(21-9-4-3-5-10-21)35(33,34)22-14-12-20(26)13-15-22/h3-15,18H,16-17H2,1-2H3,(H,28,32)/t18-/m1/s1. The Morgan fingerprint density at radius 2 is 1.51 bits per heavy atom. The summed E-state index contributed by atoms with van der Waals surface area (Å²) >= 11 is 0. The molecule has 7 nitrogen and oxygen atoms in total. The molecular weight excluding hydrogens is 476 g/mol. The predicted octanol–water partition coefficient (Wildman–Crippen LogP) is 3.32. The number of nitrogens with one attached hydrogen (secondary N) is 1. The minimum Gasteiger partial charge on any atom is -0.357 e. The van der Waals surface area contributed by atoms with Crippen LogP contribution in [0, 0.1) is 11.6 Å². The summed E-state index contributed by atoms with van der Waals surface area (Å²) < 4.78 is 55.6. The Hall–Kier alpha value is -3.79. The largest absolute Gasteiger partial charge is 0.357 e. The summed E-state index contributed by atoms with van der Waals surface area (Å²) in [6.07, 6.45) is 0. The highest BCUT2D eigenvalue weighted by molar-refractivity contribution is 7.92. The minimum absolute atomic E-state index is 0.171. The Kier molecular flexibility index (Phi) is 8.18. The molecule has 0 aliphatic carbocycles. The number of carbonyl (C=O) groups is 2. The van der Waals surface area contributed by atoms with E-state index in [9.17, 15) is 26.8 Å². The molecule has 1 N–H and O–H groups in total. The molecule has 0 spiro atoms. The molecule has 0 saturated carbocycles. The van der Waals surface area contributed by atoms with Crippen molar-refractivity contribution in [2.45, 2.75) is 24.4 Å². The average Bonchev–Trinajstić information content (AvgIpc) is 2.86. The number of likely N-dealkylation sites (N-methyl/N-ethyl adjacent to an activating group) is 1. The molecule has 35 heavy (non-hydrogen) atoms. The molecule has 0 aliphatic rings. The van der Waals surface area contributed by atoms with Crippen LogP contribution in [-0.2, 0) is 26.2 Å². The highest BCUT2D eigenvalue weighted by Crippen LogP contribution is 2.24. The van der Waals surface area contributed by atoms with Gasteiger partial charge in [0.15, 0.2) is 0 Å². The van der Waals surface area contributed by atoms with Gasteiger partial charge in [0.1, 0.15) is 24.2 Å². The summed E-state index contributed by atoms with van der Waals surface area (Å²) in [5.74, 6) is -2.39. The van der Waals surface area contributed by atoms with Gasteiger partial charge in [-0.15, -0.1) is 0 Å². The number of halogens is 2. The molecule has 2 amide bonds. The molecule has 10 heteroatoms. The van der Waals surface area contributed by atoms with E-state index in [4.69, 9.17) is 0 Å². The van der Waals surface area contributed by atoms with Crippen LogP contribution in [0.25, 0.3) is 0 Å². The van der Waals surface area contributed by atoms with Crippen LogP contribution < -0.4 is 9.62 Å². The first-order chi connectivity index (χ1) is 16.6. The molecule has 3 aromatic carbocycles. The van der Waals surface area contributed by atoms with Gasteiger partial charge in [-0.2, -0.15) is 0 Å². The van der Waals surface area contributed by atoms with E-state index >= 15 is 0 Å². The molecule has 0 unspecified atom stereocenters. The number of rotatable bonds is 9. The number of carbonyl (C=O) groups excluding carboxylic acids is 2. The van der Waals surface area contributed by atoms with Crippen molar-refractivity contribution >= 4 is 27.5 Å². The number of anilines is 1. The lowest BCUT2D eigenvalue weighted by Gasteiger charge is -2.31. The van der Waals surface area contributed by atoms with Crippen LogP contribution >= 0.6 is 0 Å². The Bertz CT molecular complexity index is 1290. The molecule has 0 bridgehead atoms. The first-order valence-electron chi connectivity index (χ1n) is 10.7. The molecule has 0 saturated heterocycles. The van der Waals surface area contributed by atoms with Gasteiger partial charge in [-0.25, -0.2) is 17.2 Å². The van der Waals surface area contributed by atoms with Crippen LogP contribution in [0.1, 0.15) is 12.5 Å². The maximum Gasteiger partial charge on any atom is 0.264 e. The monoisotopic (exact) mass is 501 g/mol. The SMILES string of the molecule is CNC(=O)[C@@H](C)N(Cc1ccccc1F)C(=O)CN(c1ccccc1)S(=O)(=O)c1ccc(F)cc1. The summed E-state index contributed by atoms with van der Waals surface area (Å²) in [5.41, 5.74) is 0.368. The highest BCUT2D eigenvalue weighted by Gasteiger charge is 2.32. The van der Waals surface area contributed by atoms with Crippen LogP contribution in [-0.4, -0.2) is 44.8 Å². The number of amides is 2. The fourth-order valence-electron chi connectivity index (χ4n) is 3.46. The molecule has 0 fully saturated rings. The smallest absolute Gasteiger partial charge is 0.264 e. The van der Waals surface area contributed by atoms with E-state index < -0.39 is 46.1 Å². The molecule has 0 heterocycles. The minimum atomic E-state index is -4.29. The molecule has 184 valence electrons. The Morgan fingerprint density at radius 1 is 0.914 bits per heavy atom. The second-order valence-electron chi connectivity index (χ2n) is 7.70. The average molecular weight is 502 g/mol. The highest BCUT2D eigenvalue weighted by atomic mass is 32.2. The first-order valence-corrected chi connectivity index (χ1v) is 12.2. The number of hydrogen-bond donors (Lipinski definition) is 1. The van der Waals surface area contributed by atoms with Crippen molar-refractivity contribution in [2.75, 3.05) is 17.9 Å². The van der Waals surface area contributed by atoms with E-state index in [1.807, 2.05) is 0 Å². The van der Waals surface area contributed by atoms with Gasteiger partial charge in [0.25, 0.3) is 10.0 Å². The number of nitrogens with zero attached hydrogens (tertiary/aromatic N) is 2. The van der Waals surface area contributed by atoms with Gasteiger partial charge in [0, 0.05) is 19.2 Å². The van der Waals surface area contributed by atoms with Crippen LogP contribution in [0.4, 0.5) is 14.5 Å². The zero-order valence-corrected chi connectivity index (χ0v) is 20.0. The topological polar surface area (TPSA) is 86.8 Å². The first kappa shape index (κ1) is 25.8. The molecule has 3 rings (SSSR count). The lowest BCUT2D eigenvalue weighted by Crippen LogP contribution is -2.50. The van der Waals surface area contributed by atoms with Crippen molar-refractivity contribution in [1.29, 1.82) is 0 Å². The summed E-state index contributed by atoms with van der Waals surface area (Å²) in [7, 11) is -2.88. The van der Waals surface area contributed by atoms with Crippen LogP contribution in [0.15, 0.2) is 83.8 Å². The van der Waals surface area contributed by atoms with E-state index in [1.165, 1.54) is 44.3 Å². The van der Waals surface area contributed by atoms with Crippen LogP contribution in [0.2, 0.25) is 0 Å². The van der Waals surface area contributed by atoms with Crippen molar-refractivity contribution < 1.29 is 26.8 Å². The molecule has 3 aromatic rings. The van der Waals surface area contributed by atoms with E-state index in [0.717, 1.165) is 33.5 Å². The van der Waals surface area contributed by atoms with Gasteiger partial charge >= 0.3 is 0 Å². The summed E-state index contributed by atoms with van der Waals surface area (Å²) in [6, 6.07) is 17.0. The number of hydrogen-bond acceptors (Lipinski definition) is 4. The quantitative estimate of drug-likeness (QED) is 0.487. The third-order valence-corrected chi connectivity index (χ3v) is 7.22. The molecule has 1 atom stereocenters. The summed E-state index contributed by atoms with van der Waals surface area (Å²) in [5, 5.41) is 2.45. The van der Waals surface area contributed by atoms with Gasteiger partial charge in [-0.1, -0.05) is 36.4 Å². The number of para-hydroxylation sites is 1. The zero-order chi connectivity index (χ0) is 25.6. The third kappa shape index (κ3) is 6.02. The Morgan fingerprint density at radius 3 is 2.11 bits per heavy atom. The molecule has 0 radical (unpaired) electrons. The van der Waals surface area contributed by atoms with Gasteiger partial charge in [0.05, 0.1) is 10.6 Å². The van der Waals surface area contributed by atoms with Gasteiger partial charge in [-0.05, 0) is 49.4 Å². The van der Waals surface area contributed by atoms with E-state index in [-0.39, 0.29) is 22.7 Å². The third-order valence-electron chi connectivity index (χ3n) is 5.44. The maximum atomic E-state index is 14.4. The number of benzene rings is 3. The van der Waals surface area contributed by atoms with Crippen LogP contribution in [0.3, 0.4) is 0 Å². The summed E-state index contributed by atoms with van der Waals surface area (Å²) in [4.78, 5) is 26.8. The van der Waals surface area contributed by atoms with Crippen molar-refractivity contribution in [3.8, 4) is 0 Å². The zero-order valence-electron chi connectivity index (χ0n) is 19.2. The Balaban J connectivity index is 2.01. The fourth-order valence-corrected chi connectivity index (χ4v) is 4.87.